The predicted octanol–water partition coefficient (Wildman–Crippen LogP) is 4.83. The summed E-state index contributed by atoms with van der Waals surface area (Å²) in [6, 6.07) is 20.1. The van der Waals surface area contributed by atoms with Gasteiger partial charge in [-0.05, 0) is 123 Å². The third kappa shape index (κ3) is 9.24. The molecule has 12 heteroatoms. The zero-order chi connectivity index (χ0) is 32.6. The van der Waals surface area contributed by atoms with E-state index in [1.54, 1.807) is 24.3 Å². The SMILES string of the molecule is Cc1cc(C(=O)NC(C)C)ccc1-c1ccc(C[C@H](NC(=O)[C@H]2CC[C@H](CN)CC2)C(=O)Nc2ccc(-c3nn[nH]n3)cc2)cc1.Cl. The highest BCUT2D eigenvalue weighted by atomic mass is 35.5. The van der Waals surface area contributed by atoms with E-state index in [4.69, 9.17) is 5.73 Å². The monoisotopic (exact) mass is 658 g/mol. The van der Waals surface area contributed by atoms with Crippen LogP contribution in [0.15, 0.2) is 66.7 Å². The number of nitrogens with zero attached hydrogens (tertiary/aromatic N) is 3. The fourth-order valence-corrected chi connectivity index (χ4v) is 5.91. The van der Waals surface area contributed by atoms with Gasteiger partial charge in [-0.25, -0.2) is 0 Å². The van der Waals surface area contributed by atoms with Crippen molar-refractivity contribution in [3.05, 3.63) is 83.4 Å². The summed E-state index contributed by atoms with van der Waals surface area (Å²) < 4.78 is 0. The summed E-state index contributed by atoms with van der Waals surface area (Å²) in [6.45, 7) is 6.49. The molecule has 5 rings (SSSR count). The van der Waals surface area contributed by atoms with Crippen LogP contribution in [0.25, 0.3) is 22.5 Å². The molecule has 1 aliphatic rings. The van der Waals surface area contributed by atoms with E-state index >= 15 is 0 Å². The fraction of sp³-hybridized carbons (Fsp3) is 0.371. The van der Waals surface area contributed by atoms with Crippen molar-refractivity contribution in [3.8, 4) is 22.5 Å². The van der Waals surface area contributed by atoms with Gasteiger partial charge in [0.25, 0.3) is 5.91 Å². The minimum Gasteiger partial charge on any atom is -0.350 e. The summed E-state index contributed by atoms with van der Waals surface area (Å²) in [5.74, 6) is 0.279. The lowest BCUT2D eigenvalue weighted by Crippen LogP contribution is -2.48. The lowest BCUT2D eigenvalue weighted by atomic mass is 9.81. The molecule has 6 N–H and O–H groups in total. The Morgan fingerprint density at radius 1 is 0.915 bits per heavy atom. The zero-order valence-corrected chi connectivity index (χ0v) is 27.8. The maximum Gasteiger partial charge on any atom is 0.251 e. The summed E-state index contributed by atoms with van der Waals surface area (Å²) in [6.07, 6.45) is 3.70. The third-order valence-corrected chi connectivity index (χ3v) is 8.55. The normalized spacial score (nSPS) is 16.5. The van der Waals surface area contributed by atoms with Gasteiger partial charge < -0.3 is 21.7 Å². The molecule has 0 radical (unpaired) electrons. The molecule has 1 aliphatic carbocycles. The van der Waals surface area contributed by atoms with Crippen LogP contribution in [0.5, 0.6) is 0 Å². The van der Waals surface area contributed by atoms with Gasteiger partial charge in [0.2, 0.25) is 17.6 Å². The Hall–Kier alpha value is -4.61. The molecule has 0 aliphatic heterocycles. The van der Waals surface area contributed by atoms with E-state index in [9.17, 15) is 14.4 Å². The molecule has 47 heavy (non-hydrogen) atoms. The Morgan fingerprint density at radius 2 is 1.60 bits per heavy atom. The van der Waals surface area contributed by atoms with Crippen molar-refractivity contribution in [1.82, 2.24) is 31.3 Å². The number of H-pyrrole nitrogens is 1. The number of nitrogens with two attached hydrogens (primary N) is 1. The number of hydrogen-bond donors (Lipinski definition) is 5. The van der Waals surface area contributed by atoms with Crippen LogP contribution in [0, 0.1) is 18.8 Å². The first-order chi connectivity index (χ1) is 22.2. The van der Waals surface area contributed by atoms with Gasteiger partial charge in [-0.15, -0.1) is 22.6 Å². The van der Waals surface area contributed by atoms with Gasteiger partial charge in [0.15, 0.2) is 0 Å². The topological polar surface area (TPSA) is 168 Å². The van der Waals surface area contributed by atoms with Crippen LogP contribution in [0.2, 0.25) is 0 Å². The first kappa shape index (κ1) is 35.2. The molecule has 4 aromatic rings. The molecular formula is C35H43ClN8O3. The van der Waals surface area contributed by atoms with Crippen LogP contribution in [-0.4, -0.2) is 57.0 Å². The molecule has 1 saturated carbocycles. The Labute approximate surface area is 281 Å². The molecule has 1 aromatic heterocycles. The second-order valence-corrected chi connectivity index (χ2v) is 12.4. The molecule has 3 amide bonds. The van der Waals surface area contributed by atoms with Crippen LogP contribution in [-0.2, 0) is 16.0 Å². The first-order valence-electron chi connectivity index (χ1n) is 15.9. The molecule has 0 saturated heterocycles. The molecular weight excluding hydrogens is 616 g/mol. The van der Waals surface area contributed by atoms with Gasteiger partial charge >= 0.3 is 0 Å². The fourth-order valence-electron chi connectivity index (χ4n) is 5.91. The maximum absolute atomic E-state index is 13.6. The van der Waals surface area contributed by atoms with Gasteiger partial charge in [0.1, 0.15) is 6.04 Å². The van der Waals surface area contributed by atoms with Crippen molar-refractivity contribution in [3.63, 3.8) is 0 Å². The van der Waals surface area contributed by atoms with Crippen molar-refractivity contribution in [2.24, 2.45) is 17.6 Å². The van der Waals surface area contributed by atoms with E-state index in [2.05, 4.69) is 36.6 Å². The Bertz CT molecular complexity index is 1630. The Balaban J connectivity index is 0.00000500. The van der Waals surface area contributed by atoms with Gasteiger partial charge in [0.05, 0.1) is 0 Å². The summed E-state index contributed by atoms with van der Waals surface area (Å²) in [5, 5.41) is 22.9. The standard InChI is InChI=1S/C35H42N8O3.ClH/c1-21(2)37-34(45)28-14-17-30(22(3)18-28)25-8-4-23(5-9-25)19-31(39-33(44)27-10-6-24(20-36)7-11-27)35(46)38-29-15-12-26(13-16-29)32-40-42-43-41-32;/h4-5,8-9,12-18,21,24,27,31H,6-7,10-11,19-20,36H2,1-3H3,(H,37,45)(H,38,46)(H,39,44)(H,40,41,42,43);1H/t24-,27-,31-;/m0./s1. The Kier molecular flexibility index (Phi) is 12.2. The molecule has 0 bridgehead atoms. The number of hydrogen-bond acceptors (Lipinski definition) is 7. The molecule has 11 nitrogen and oxygen atoms in total. The van der Waals surface area contributed by atoms with Crippen molar-refractivity contribution in [2.75, 3.05) is 11.9 Å². The number of aromatic nitrogens is 4. The number of tetrazole rings is 1. The van der Waals surface area contributed by atoms with Gasteiger partial charge in [-0.2, -0.15) is 5.21 Å². The number of amides is 3. The lowest BCUT2D eigenvalue weighted by molar-refractivity contribution is -0.130. The average molecular weight is 659 g/mol. The van der Waals surface area contributed by atoms with Gasteiger partial charge in [0, 0.05) is 35.2 Å². The number of aryl methyl sites for hydroxylation is 1. The van der Waals surface area contributed by atoms with Crippen molar-refractivity contribution >= 4 is 35.8 Å². The average Bonchev–Trinajstić information content (AvgIpc) is 3.60. The number of carbonyl (C=O) groups is 3. The molecule has 248 valence electrons. The number of aromatic amines is 1. The number of carbonyl (C=O) groups excluding carboxylic acids is 3. The van der Waals surface area contributed by atoms with E-state index < -0.39 is 6.04 Å². The molecule has 0 unspecified atom stereocenters. The minimum atomic E-state index is -0.775. The van der Waals surface area contributed by atoms with Gasteiger partial charge in [-0.1, -0.05) is 30.3 Å². The molecule has 1 atom stereocenters. The van der Waals surface area contributed by atoms with Gasteiger partial charge in [-0.3, -0.25) is 14.4 Å². The number of benzene rings is 3. The van der Waals surface area contributed by atoms with Crippen molar-refractivity contribution in [1.29, 1.82) is 0 Å². The number of nitrogens with one attached hydrogen (secondary N) is 4. The van der Waals surface area contributed by atoms with Crippen LogP contribution < -0.4 is 21.7 Å². The number of halogens is 1. The molecule has 0 spiro atoms. The first-order valence-corrected chi connectivity index (χ1v) is 15.9. The van der Waals surface area contributed by atoms with E-state index in [0.29, 0.717) is 36.0 Å². The number of anilines is 1. The summed E-state index contributed by atoms with van der Waals surface area (Å²) >= 11 is 0. The van der Waals surface area contributed by atoms with E-state index in [0.717, 1.165) is 53.5 Å². The summed E-state index contributed by atoms with van der Waals surface area (Å²) in [4.78, 5) is 39.4. The second-order valence-electron chi connectivity index (χ2n) is 12.4. The highest BCUT2D eigenvalue weighted by Gasteiger charge is 2.29. The molecule has 3 aromatic carbocycles. The Morgan fingerprint density at radius 3 is 2.19 bits per heavy atom. The zero-order valence-electron chi connectivity index (χ0n) is 27.0. The van der Waals surface area contributed by atoms with Crippen LogP contribution in [0.4, 0.5) is 5.69 Å². The summed E-state index contributed by atoms with van der Waals surface area (Å²) in [5.41, 5.74) is 11.7. The van der Waals surface area contributed by atoms with E-state index in [1.807, 2.05) is 63.2 Å². The van der Waals surface area contributed by atoms with Crippen molar-refractivity contribution in [2.45, 2.75) is 65.0 Å². The highest BCUT2D eigenvalue weighted by molar-refractivity contribution is 5.98. The third-order valence-electron chi connectivity index (χ3n) is 8.55. The van der Waals surface area contributed by atoms with Crippen LogP contribution in [0.3, 0.4) is 0 Å². The highest BCUT2D eigenvalue weighted by Crippen LogP contribution is 2.29. The second kappa shape index (κ2) is 16.3. The number of rotatable bonds is 11. The van der Waals surface area contributed by atoms with E-state index in [-0.39, 0.29) is 42.1 Å². The molecule has 1 heterocycles. The maximum atomic E-state index is 13.6. The smallest absolute Gasteiger partial charge is 0.251 e. The van der Waals surface area contributed by atoms with Crippen molar-refractivity contribution < 1.29 is 14.4 Å². The predicted molar refractivity (Wildman–Crippen MR) is 185 cm³/mol. The lowest BCUT2D eigenvalue weighted by Gasteiger charge is -2.28. The summed E-state index contributed by atoms with van der Waals surface area (Å²) in [7, 11) is 0. The van der Waals surface area contributed by atoms with E-state index in [1.165, 1.54) is 0 Å². The molecule has 1 fully saturated rings. The largest absolute Gasteiger partial charge is 0.350 e. The van der Waals surface area contributed by atoms with Crippen LogP contribution >= 0.6 is 12.4 Å². The minimum absolute atomic E-state index is 0. The van der Waals surface area contributed by atoms with Crippen LogP contribution in [0.1, 0.15) is 61.0 Å². The quantitative estimate of drug-likeness (QED) is 0.154.